The number of fused-ring (bicyclic) bond motifs is 6. The Kier molecular flexibility index (Phi) is 10.4. The molecule has 3 aromatic heterocycles. The van der Waals surface area contributed by atoms with Crippen LogP contribution in [0.15, 0.2) is 115 Å². The molecule has 0 fully saturated rings. The van der Waals surface area contributed by atoms with E-state index in [4.69, 9.17) is 28.4 Å². The van der Waals surface area contributed by atoms with E-state index in [1.54, 1.807) is 9.13 Å². The third-order valence-corrected chi connectivity index (χ3v) is 8.15. The summed E-state index contributed by atoms with van der Waals surface area (Å²) in [7, 11) is 0. The Morgan fingerprint density at radius 1 is 0.440 bits per heavy atom. The fourth-order valence-electron chi connectivity index (χ4n) is 5.97. The Hall–Kier alpha value is -5.59. The van der Waals surface area contributed by atoms with E-state index in [-0.39, 0.29) is 33.4 Å². The van der Waals surface area contributed by atoms with E-state index in [2.05, 4.69) is 4.98 Å². The van der Waals surface area contributed by atoms with Crippen molar-refractivity contribution in [3.8, 4) is 0 Å². The van der Waals surface area contributed by atoms with Crippen LogP contribution in [0.5, 0.6) is 0 Å². The average Bonchev–Trinajstić information content (AvgIpc) is 3.67. The lowest BCUT2D eigenvalue weighted by Crippen LogP contribution is -2.17. The van der Waals surface area contributed by atoms with Gasteiger partial charge < -0.3 is 28.4 Å². The molecule has 0 saturated heterocycles. The molecule has 50 heavy (non-hydrogen) atoms. The maximum atomic E-state index is 12.9. The van der Waals surface area contributed by atoms with Gasteiger partial charge in [-0.05, 0) is 36.4 Å². The normalized spacial score (nSPS) is 11.5. The number of rotatable bonds is 14. The van der Waals surface area contributed by atoms with E-state index < -0.39 is 12.2 Å². The highest BCUT2D eigenvalue weighted by atomic mass is 16.7. The van der Waals surface area contributed by atoms with Gasteiger partial charge in [0, 0.05) is 21.5 Å². The van der Waals surface area contributed by atoms with Gasteiger partial charge in [-0.2, -0.15) is 0 Å². The highest BCUT2D eigenvalue weighted by Crippen LogP contribution is 2.30. The molecule has 4 aromatic carbocycles. The van der Waals surface area contributed by atoms with Crippen molar-refractivity contribution in [2.24, 2.45) is 0 Å². The number of pyridine rings is 1. The first-order valence-corrected chi connectivity index (χ1v) is 16.3. The lowest BCUT2D eigenvalue weighted by Gasteiger charge is -2.10. The number of carbonyl (C=O) groups excluding carboxylic acids is 2. The van der Waals surface area contributed by atoms with Crippen LogP contribution in [0, 0.1) is 0 Å². The second kappa shape index (κ2) is 15.7. The molecule has 0 aliphatic heterocycles. The van der Waals surface area contributed by atoms with Gasteiger partial charge >= 0.3 is 12.2 Å². The number of para-hydroxylation sites is 4. The number of hydrogen-bond donors (Lipinski definition) is 0. The van der Waals surface area contributed by atoms with Crippen molar-refractivity contribution in [3.05, 3.63) is 127 Å². The Labute approximate surface area is 287 Å². The topological polar surface area (TPSA) is 112 Å². The zero-order valence-electron chi connectivity index (χ0n) is 27.2. The van der Waals surface area contributed by atoms with Gasteiger partial charge in [0.1, 0.15) is 6.61 Å². The summed E-state index contributed by atoms with van der Waals surface area (Å²) in [5.74, 6) is 0. The molecule has 11 heteroatoms. The van der Waals surface area contributed by atoms with Crippen molar-refractivity contribution in [1.29, 1.82) is 0 Å². The van der Waals surface area contributed by atoms with E-state index in [1.807, 2.05) is 115 Å². The van der Waals surface area contributed by atoms with Crippen molar-refractivity contribution in [2.75, 3.05) is 40.0 Å². The van der Waals surface area contributed by atoms with E-state index in [0.29, 0.717) is 25.5 Å². The minimum Gasteiger partial charge on any atom is -0.446 e. The molecule has 0 radical (unpaired) electrons. The van der Waals surface area contributed by atoms with Gasteiger partial charge in [-0.1, -0.05) is 78.9 Å². The quantitative estimate of drug-likeness (QED) is 0.0849. The second-order valence-electron chi connectivity index (χ2n) is 11.3. The number of hydrogen-bond acceptors (Lipinski definition) is 9. The zero-order chi connectivity index (χ0) is 34.1. The summed E-state index contributed by atoms with van der Waals surface area (Å²) < 4.78 is 36.3. The van der Waals surface area contributed by atoms with E-state index in [1.165, 1.54) is 0 Å². The third kappa shape index (κ3) is 7.21. The molecule has 254 valence electrons. The van der Waals surface area contributed by atoms with Crippen LogP contribution in [0.1, 0.15) is 11.4 Å². The highest BCUT2D eigenvalue weighted by Gasteiger charge is 2.17. The summed E-state index contributed by atoms with van der Waals surface area (Å²) >= 11 is 0. The molecule has 0 bridgehead atoms. The lowest BCUT2D eigenvalue weighted by molar-refractivity contribution is -0.115. The Morgan fingerprint density at radius 3 is 1.42 bits per heavy atom. The fraction of sp³-hybridized carbons (Fsp3) is 0.205. The van der Waals surface area contributed by atoms with Gasteiger partial charge in [-0.25, -0.2) is 18.7 Å². The van der Waals surface area contributed by atoms with E-state index >= 15 is 0 Å². The third-order valence-electron chi connectivity index (χ3n) is 8.15. The smallest absolute Gasteiger partial charge is 0.421 e. The van der Waals surface area contributed by atoms with Gasteiger partial charge in [0.15, 0.2) is 13.6 Å². The summed E-state index contributed by atoms with van der Waals surface area (Å²) in [6.45, 7) is 1.25. The molecule has 0 aliphatic rings. The first-order valence-electron chi connectivity index (χ1n) is 16.3. The highest BCUT2D eigenvalue weighted by molar-refractivity contribution is 6.13. The molecule has 0 saturated carbocycles. The molecule has 0 amide bonds. The molecular formula is C39H35N3O8. The second-order valence-corrected chi connectivity index (χ2v) is 11.3. The molecule has 0 spiro atoms. The van der Waals surface area contributed by atoms with Gasteiger partial charge in [0.25, 0.3) is 0 Å². The predicted octanol–water partition coefficient (Wildman–Crippen LogP) is 7.65. The van der Waals surface area contributed by atoms with Crippen LogP contribution >= 0.6 is 0 Å². The molecule has 0 unspecified atom stereocenters. The number of benzene rings is 4. The summed E-state index contributed by atoms with van der Waals surface area (Å²) in [4.78, 5) is 30.4. The van der Waals surface area contributed by atoms with E-state index in [0.717, 1.165) is 49.3 Å². The summed E-state index contributed by atoms with van der Waals surface area (Å²) in [6, 6.07) is 36.5. The molecule has 0 atom stereocenters. The molecule has 7 aromatic rings. The van der Waals surface area contributed by atoms with Crippen molar-refractivity contribution < 1.29 is 38.0 Å². The van der Waals surface area contributed by atoms with Gasteiger partial charge in [-0.3, -0.25) is 4.98 Å². The number of nitrogens with zero attached hydrogens (tertiary/aromatic N) is 3. The van der Waals surface area contributed by atoms with Gasteiger partial charge in [0.05, 0.1) is 66.5 Å². The first kappa shape index (κ1) is 32.9. The largest absolute Gasteiger partial charge is 0.446 e. The number of aromatic nitrogens is 3. The summed E-state index contributed by atoms with van der Waals surface area (Å²) in [5.41, 5.74) is 4.60. The predicted molar refractivity (Wildman–Crippen MR) is 188 cm³/mol. The van der Waals surface area contributed by atoms with Crippen LogP contribution < -0.4 is 0 Å². The van der Waals surface area contributed by atoms with Crippen LogP contribution in [0.3, 0.4) is 0 Å². The SMILES string of the molecule is O=C(OCCOCCOCc1cccc(COCOCOC(=O)n2c3ccccc3c3ccccc32)n1)n1c2ccccc2c2ccccc21. The monoisotopic (exact) mass is 673 g/mol. The van der Waals surface area contributed by atoms with E-state index in [9.17, 15) is 9.59 Å². The van der Waals surface area contributed by atoms with Crippen molar-refractivity contribution in [2.45, 2.75) is 13.2 Å². The first-order chi connectivity index (χ1) is 24.7. The summed E-state index contributed by atoms with van der Waals surface area (Å²) in [6.07, 6.45) is -0.969. The van der Waals surface area contributed by atoms with Crippen LogP contribution in [0.4, 0.5) is 9.59 Å². The molecular weight excluding hydrogens is 638 g/mol. The summed E-state index contributed by atoms with van der Waals surface area (Å²) in [5, 5.41) is 3.96. The van der Waals surface area contributed by atoms with Crippen molar-refractivity contribution in [3.63, 3.8) is 0 Å². The standard InChI is InChI=1S/C39H35N3O8/c43-38(41-34-16-5-1-12-30(34)31-13-2-6-17-35(31)41)49-23-22-45-20-21-46-24-28-10-9-11-29(40-28)25-47-26-48-27-50-39(44)42-36-18-7-3-14-32(36)33-15-4-8-19-37(33)42/h1-19H,20-27H2. The maximum absolute atomic E-state index is 12.9. The van der Waals surface area contributed by atoms with Crippen LogP contribution in [-0.4, -0.2) is 66.3 Å². The van der Waals surface area contributed by atoms with Crippen molar-refractivity contribution >= 4 is 55.8 Å². The Balaban J connectivity index is 0.773. The van der Waals surface area contributed by atoms with Crippen LogP contribution in [0.2, 0.25) is 0 Å². The van der Waals surface area contributed by atoms with Crippen LogP contribution in [0.25, 0.3) is 43.6 Å². The number of carbonyl (C=O) groups is 2. The number of ether oxygens (including phenoxy) is 6. The minimum absolute atomic E-state index is 0.0753. The molecule has 0 N–H and O–H groups in total. The lowest BCUT2D eigenvalue weighted by atomic mass is 10.2. The fourth-order valence-corrected chi connectivity index (χ4v) is 5.97. The van der Waals surface area contributed by atoms with Crippen molar-refractivity contribution in [1.82, 2.24) is 14.1 Å². The molecule has 0 aliphatic carbocycles. The van der Waals surface area contributed by atoms with Gasteiger partial charge in [0.2, 0.25) is 0 Å². The molecule has 11 nitrogen and oxygen atoms in total. The molecule has 3 heterocycles. The molecule has 7 rings (SSSR count). The average molecular weight is 674 g/mol. The Bertz CT molecular complexity index is 2150. The van der Waals surface area contributed by atoms with Crippen LogP contribution in [-0.2, 0) is 41.6 Å². The van der Waals surface area contributed by atoms with Gasteiger partial charge in [-0.15, -0.1) is 0 Å². The minimum atomic E-state index is -0.527. The Morgan fingerprint density at radius 2 is 0.880 bits per heavy atom. The maximum Gasteiger partial charge on any atom is 0.421 e. The zero-order valence-corrected chi connectivity index (χ0v) is 27.2.